The van der Waals surface area contributed by atoms with E-state index in [4.69, 9.17) is 4.74 Å². The van der Waals surface area contributed by atoms with E-state index in [0.29, 0.717) is 12.7 Å². The predicted octanol–water partition coefficient (Wildman–Crippen LogP) is 1.31. The van der Waals surface area contributed by atoms with Crippen molar-refractivity contribution in [1.29, 1.82) is 0 Å². The maximum atomic E-state index is 11.0. The second kappa shape index (κ2) is 7.10. The van der Waals surface area contributed by atoms with E-state index >= 15 is 0 Å². The van der Waals surface area contributed by atoms with Crippen LogP contribution in [-0.4, -0.2) is 30.8 Å². The van der Waals surface area contributed by atoms with E-state index in [9.17, 15) is 19.7 Å². The zero-order chi connectivity index (χ0) is 14.3. The average molecular weight is 266 g/mol. The van der Waals surface area contributed by atoms with E-state index in [2.05, 4.69) is 5.32 Å². The predicted molar refractivity (Wildman–Crippen MR) is 67.3 cm³/mol. The number of carbonyl (C=O) groups excluding carboxylic acids is 2. The Labute approximate surface area is 109 Å². The van der Waals surface area contributed by atoms with Crippen LogP contribution in [0.1, 0.15) is 23.2 Å². The Morgan fingerprint density at radius 1 is 1.53 bits per heavy atom. The number of carbonyl (C=O) groups is 2. The van der Waals surface area contributed by atoms with Crippen LogP contribution >= 0.6 is 0 Å². The molecule has 1 aromatic carbocycles. The van der Waals surface area contributed by atoms with Crippen molar-refractivity contribution in [2.45, 2.75) is 12.8 Å². The summed E-state index contributed by atoms with van der Waals surface area (Å²) < 4.78 is 5.26. The molecule has 0 radical (unpaired) electrons. The molecule has 0 spiro atoms. The van der Waals surface area contributed by atoms with Crippen molar-refractivity contribution >= 4 is 17.9 Å². The summed E-state index contributed by atoms with van der Waals surface area (Å²) in [5, 5.41) is 13.3. The lowest BCUT2D eigenvalue weighted by atomic mass is 10.2. The first kappa shape index (κ1) is 14.6. The van der Waals surface area contributed by atoms with Crippen LogP contribution in [0.3, 0.4) is 0 Å². The third-order valence-electron chi connectivity index (χ3n) is 2.40. The van der Waals surface area contributed by atoms with Gasteiger partial charge in [0.05, 0.1) is 11.5 Å². The van der Waals surface area contributed by atoms with Gasteiger partial charge in [0.15, 0.2) is 5.75 Å². The second-order valence-electron chi connectivity index (χ2n) is 3.73. The number of amides is 1. The normalized spacial score (nSPS) is 9.74. The van der Waals surface area contributed by atoms with Crippen LogP contribution < -0.4 is 10.1 Å². The molecule has 0 aliphatic heterocycles. The fourth-order valence-corrected chi connectivity index (χ4v) is 1.41. The van der Waals surface area contributed by atoms with Crippen molar-refractivity contribution in [3.8, 4) is 5.75 Å². The van der Waals surface area contributed by atoms with E-state index in [1.54, 1.807) is 0 Å². The van der Waals surface area contributed by atoms with Crippen molar-refractivity contribution in [3.63, 3.8) is 0 Å². The number of ether oxygens (including phenoxy) is 1. The smallest absolute Gasteiger partial charge is 0.311 e. The highest BCUT2D eigenvalue weighted by atomic mass is 16.6. The summed E-state index contributed by atoms with van der Waals surface area (Å²) in [6.45, 7) is 0.189. The molecular weight excluding hydrogens is 252 g/mol. The maximum absolute atomic E-state index is 11.0. The van der Waals surface area contributed by atoms with Gasteiger partial charge in [0.25, 0.3) is 0 Å². The molecule has 1 aromatic rings. The van der Waals surface area contributed by atoms with E-state index in [1.165, 1.54) is 19.2 Å². The summed E-state index contributed by atoms with van der Waals surface area (Å²) in [7, 11) is 1.53. The molecule has 0 aliphatic carbocycles. The molecule has 7 nitrogen and oxygen atoms in total. The quantitative estimate of drug-likeness (QED) is 0.347. The van der Waals surface area contributed by atoms with Crippen LogP contribution in [0.25, 0.3) is 0 Å². The lowest BCUT2D eigenvalue weighted by Gasteiger charge is -2.06. The molecule has 1 rings (SSSR count). The van der Waals surface area contributed by atoms with E-state index in [1.807, 2.05) is 0 Å². The topological polar surface area (TPSA) is 98.5 Å². The van der Waals surface area contributed by atoms with Gasteiger partial charge in [-0.05, 0) is 18.6 Å². The SMILES string of the molecule is CNC(=O)CCCOc1ccc(C=O)cc1[N+](=O)[O-]. The molecule has 0 bridgehead atoms. The number of nitrogens with one attached hydrogen (secondary N) is 1. The van der Waals surface area contributed by atoms with Gasteiger partial charge in [-0.2, -0.15) is 0 Å². The Bertz CT molecular complexity index is 487. The van der Waals surface area contributed by atoms with Crippen molar-refractivity contribution in [2.24, 2.45) is 0 Å². The standard InChI is InChI=1S/C12H14N2O5/c1-13-12(16)3-2-6-19-11-5-4-9(8-15)7-10(11)14(17)18/h4-5,7-8H,2-3,6H2,1H3,(H,13,16). The molecule has 1 amide bonds. The van der Waals surface area contributed by atoms with Crippen molar-refractivity contribution in [1.82, 2.24) is 5.32 Å². The zero-order valence-electron chi connectivity index (χ0n) is 10.4. The number of nitro benzene ring substituents is 1. The molecule has 0 aromatic heterocycles. The Balaban J connectivity index is 2.65. The summed E-state index contributed by atoms with van der Waals surface area (Å²) in [6, 6.07) is 3.97. The van der Waals surface area contributed by atoms with E-state index < -0.39 is 4.92 Å². The molecule has 102 valence electrons. The Kier molecular flexibility index (Phi) is 5.46. The number of hydrogen-bond acceptors (Lipinski definition) is 5. The van der Waals surface area contributed by atoms with E-state index in [0.717, 1.165) is 6.07 Å². The number of aldehydes is 1. The first-order valence-corrected chi connectivity index (χ1v) is 5.65. The number of hydrogen-bond donors (Lipinski definition) is 1. The molecule has 7 heteroatoms. The lowest BCUT2D eigenvalue weighted by Crippen LogP contribution is -2.18. The molecule has 1 N–H and O–H groups in total. The second-order valence-corrected chi connectivity index (χ2v) is 3.73. The Morgan fingerprint density at radius 2 is 2.26 bits per heavy atom. The average Bonchev–Trinajstić information content (AvgIpc) is 2.43. The van der Waals surface area contributed by atoms with E-state index in [-0.39, 0.29) is 35.9 Å². The number of rotatable bonds is 7. The summed E-state index contributed by atoms with van der Waals surface area (Å²) in [4.78, 5) is 31.7. The zero-order valence-corrected chi connectivity index (χ0v) is 10.4. The summed E-state index contributed by atoms with van der Waals surface area (Å²) >= 11 is 0. The van der Waals surface area contributed by atoms with Gasteiger partial charge in [-0.3, -0.25) is 19.7 Å². The van der Waals surface area contributed by atoms with Crippen LogP contribution in [0.5, 0.6) is 5.75 Å². The molecule has 0 aliphatic rings. The summed E-state index contributed by atoms with van der Waals surface area (Å²) in [6.07, 6.45) is 1.27. The van der Waals surface area contributed by atoms with Crippen molar-refractivity contribution in [3.05, 3.63) is 33.9 Å². The van der Waals surface area contributed by atoms with Crippen LogP contribution in [0.2, 0.25) is 0 Å². The highest BCUT2D eigenvalue weighted by Gasteiger charge is 2.15. The van der Waals surface area contributed by atoms with Gasteiger partial charge in [0.1, 0.15) is 6.29 Å². The van der Waals surface area contributed by atoms with Gasteiger partial charge in [-0.15, -0.1) is 0 Å². The van der Waals surface area contributed by atoms with Crippen LogP contribution in [-0.2, 0) is 4.79 Å². The Morgan fingerprint density at radius 3 is 2.84 bits per heavy atom. The largest absolute Gasteiger partial charge is 0.487 e. The van der Waals surface area contributed by atoms with Gasteiger partial charge in [0, 0.05) is 25.1 Å². The molecule has 0 unspecified atom stereocenters. The molecular formula is C12H14N2O5. The molecule has 0 fully saturated rings. The van der Waals surface area contributed by atoms with Gasteiger partial charge in [-0.25, -0.2) is 0 Å². The van der Waals surface area contributed by atoms with Gasteiger partial charge in [-0.1, -0.05) is 0 Å². The Hall–Kier alpha value is -2.44. The first-order chi connectivity index (χ1) is 9.08. The molecule has 0 heterocycles. The fourth-order valence-electron chi connectivity index (χ4n) is 1.41. The number of nitro groups is 1. The highest BCUT2D eigenvalue weighted by molar-refractivity contribution is 5.77. The molecule has 19 heavy (non-hydrogen) atoms. The van der Waals surface area contributed by atoms with Crippen LogP contribution in [0.4, 0.5) is 5.69 Å². The first-order valence-electron chi connectivity index (χ1n) is 5.65. The minimum absolute atomic E-state index is 0.0903. The highest BCUT2D eigenvalue weighted by Crippen LogP contribution is 2.27. The monoisotopic (exact) mass is 266 g/mol. The van der Waals surface area contributed by atoms with Crippen LogP contribution in [0.15, 0.2) is 18.2 Å². The molecule has 0 saturated heterocycles. The van der Waals surface area contributed by atoms with Gasteiger partial charge >= 0.3 is 5.69 Å². The van der Waals surface area contributed by atoms with Crippen LogP contribution in [0, 0.1) is 10.1 Å². The maximum Gasteiger partial charge on any atom is 0.311 e. The third kappa shape index (κ3) is 4.38. The van der Waals surface area contributed by atoms with Crippen molar-refractivity contribution < 1.29 is 19.2 Å². The van der Waals surface area contributed by atoms with Gasteiger partial charge in [0.2, 0.25) is 5.91 Å². The minimum atomic E-state index is -0.610. The summed E-state index contributed by atoms with van der Waals surface area (Å²) in [5.41, 5.74) is -0.0473. The minimum Gasteiger partial charge on any atom is -0.487 e. The number of nitrogens with zero attached hydrogens (tertiary/aromatic N) is 1. The third-order valence-corrected chi connectivity index (χ3v) is 2.40. The lowest BCUT2D eigenvalue weighted by molar-refractivity contribution is -0.385. The summed E-state index contributed by atoms with van der Waals surface area (Å²) in [5.74, 6) is -0.0260. The fraction of sp³-hybridized carbons (Fsp3) is 0.333. The van der Waals surface area contributed by atoms with Gasteiger partial charge < -0.3 is 10.1 Å². The molecule has 0 atom stereocenters. The molecule has 0 saturated carbocycles. The number of benzene rings is 1. The van der Waals surface area contributed by atoms with Crippen molar-refractivity contribution in [2.75, 3.05) is 13.7 Å².